The van der Waals surface area contributed by atoms with Crippen molar-refractivity contribution in [3.63, 3.8) is 0 Å². The zero-order valence-electron chi connectivity index (χ0n) is 10.4. The van der Waals surface area contributed by atoms with Crippen LogP contribution in [0.3, 0.4) is 0 Å². The summed E-state index contributed by atoms with van der Waals surface area (Å²) in [5, 5.41) is 16.3. The normalized spacial score (nSPS) is 23.4. The highest BCUT2D eigenvalue weighted by molar-refractivity contribution is 7.99. The molecule has 2 atom stereocenters. The molecule has 0 spiro atoms. The van der Waals surface area contributed by atoms with E-state index in [9.17, 15) is 4.79 Å². The number of thioether (sulfide) groups is 1. The second-order valence-electron chi connectivity index (χ2n) is 4.40. The number of carboxylic acid groups (broad SMARTS) is 1. The van der Waals surface area contributed by atoms with Gasteiger partial charge < -0.3 is 14.9 Å². The molecule has 100 valence electrons. The maximum Gasteiger partial charge on any atom is 0.358 e. The first-order valence-electron chi connectivity index (χ1n) is 6.24. The molecule has 0 radical (unpaired) electrons. The van der Waals surface area contributed by atoms with Crippen molar-refractivity contribution in [3.05, 3.63) is 17.5 Å². The van der Waals surface area contributed by atoms with Crippen LogP contribution >= 0.6 is 11.8 Å². The van der Waals surface area contributed by atoms with Gasteiger partial charge in [-0.2, -0.15) is 11.8 Å². The fourth-order valence-corrected chi connectivity index (χ4v) is 3.53. The summed E-state index contributed by atoms with van der Waals surface area (Å²) in [6.45, 7) is 2.72. The number of hydrogen-bond donors (Lipinski definition) is 2. The van der Waals surface area contributed by atoms with E-state index in [-0.39, 0.29) is 5.69 Å². The second-order valence-corrected chi connectivity index (χ2v) is 5.91. The summed E-state index contributed by atoms with van der Waals surface area (Å²) in [7, 11) is 0. The van der Waals surface area contributed by atoms with Crippen LogP contribution in [0.2, 0.25) is 0 Å². The van der Waals surface area contributed by atoms with E-state index in [1.165, 1.54) is 25.3 Å². The molecule has 1 aliphatic carbocycles. The lowest BCUT2D eigenvalue weighted by molar-refractivity contribution is 0.0685. The summed E-state index contributed by atoms with van der Waals surface area (Å²) >= 11 is 1.99. The largest absolute Gasteiger partial charge is 0.476 e. The summed E-state index contributed by atoms with van der Waals surface area (Å²) in [5.41, 5.74) is -0.0299. The third-order valence-electron chi connectivity index (χ3n) is 3.15. The lowest BCUT2D eigenvalue weighted by Crippen LogP contribution is -2.33. The molecule has 0 saturated heterocycles. The first-order valence-corrected chi connectivity index (χ1v) is 7.29. The van der Waals surface area contributed by atoms with Crippen LogP contribution in [0.15, 0.2) is 10.6 Å². The Bertz CT molecular complexity index is 408. The van der Waals surface area contributed by atoms with Crippen molar-refractivity contribution < 1.29 is 14.4 Å². The van der Waals surface area contributed by atoms with Gasteiger partial charge in [0.05, 0.1) is 6.54 Å². The van der Waals surface area contributed by atoms with E-state index in [4.69, 9.17) is 9.63 Å². The van der Waals surface area contributed by atoms with Crippen LogP contribution in [0.25, 0.3) is 0 Å². The predicted octanol–water partition coefficient (Wildman–Crippen LogP) is 2.14. The molecule has 0 aliphatic heterocycles. The number of nitrogens with one attached hydrogen (secondary N) is 1. The van der Waals surface area contributed by atoms with Crippen LogP contribution in [0, 0.1) is 0 Å². The summed E-state index contributed by atoms with van der Waals surface area (Å²) in [4.78, 5) is 10.7. The summed E-state index contributed by atoms with van der Waals surface area (Å²) in [6.07, 6.45) is 3.69. The Hall–Kier alpha value is -1.01. The molecule has 1 aromatic rings. The fourth-order valence-electron chi connectivity index (χ4n) is 2.30. The monoisotopic (exact) mass is 270 g/mol. The molecule has 0 aromatic carbocycles. The Labute approximate surface area is 110 Å². The van der Waals surface area contributed by atoms with Gasteiger partial charge in [0, 0.05) is 17.4 Å². The predicted molar refractivity (Wildman–Crippen MR) is 69.9 cm³/mol. The molecule has 1 heterocycles. The summed E-state index contributed by atoms with van der Waals surface area (Å²) < 4.78 is 4.98. The maximum atomic E-state index is 10.7. The lowest BCUT2D eigenvalue weighted by Gasteiger charge is -2.19. The van der Waals surface area contributed by atoms with Crippen molar-refractivity contribution in [1.82, 2.24) is 10.5 Å². The molecular weight excluding hydrogens is 252 g/mol. The Kier molecular flexibility index (Phi) is 4.66. The van der Waals surface area contributed by atoms with Crippen LogP contribution in [0.5, 0.6) is 0 Å². The highest BCUT2D eigenvalue weighted by Crippen LogP contribution is 2.30. The van der Waals surface area contributed by atoms with E-state index >= 15 is 0 Å². The molecule has 1 aromatic heterocycles. The molecular formula is C12H18N2O3S. The van der Waals surface area contributed by atoms with E-state index in [1.54, 1.807) is 0 Å². The van der Waals surface area contributed by atoms with Crippen molar-refractivity contribution in [2.75, 3.05) is 5.75 Å². The first-order chi connectivity index (χ1) is 8.70. The van der Waals surface area contributed by atoms with Gasteiger partial charge in [-0.05, 0) is 18.6 Å². The number of carbonyl (C=O) groups is 1. The number of aromatic carboxylic acids is 1. The standard InChI is InChI=1S/C12H18N2O3S/c1-2-18-11-5-3-4-9(11)13-7-8-6-10(12(15)16)14-17-8/h6,9,11,13H,2-5,7H2,1H3,(H,15,16). The van der Waals surface area contributed by atoms with Gasteiger partial charge in [0.2, 0.25) is 0 Å². The van der Waals surface area contributed by atoms with Crippen LogP contribution in [0.4, 0.5) is 0 Å². The summed E-state index contributed by atoms with van der Waals surface area (Å²) in [5.74, 6) is 0.666. The van der Waals surface area contributed by atoms with Gasteiger partial charge in [0.25, 0.3) is 0 Å². The molecule has 5 nitrogen and oxygen atoms in total. The third-order valence-corrected chi connectivity index (χ3v) is 4.48. The Morgan fingerprint density at radius 1 is 1.67 bits per heavy atom. The van der Waals surface area contributed by atoms with Gasteiger partial charge >= 0.3 is 5.97 Å². The van der Waals surface area contributed by atoms with E-state index < -0.39 is 5.97 Å². The lowest BCUT2D eigenvalue weighted by atomic mass is 10.2. The molecule has 2 N–H and O–H groups in total. The molecule has 1 fully saturated rings. The van der Waals surface area contributed by atoms with Crippen LogP contribution < -0.4 is 5.32 Å². The molecule has 6 heteroatoms. The molecule has 18 heavy (non-hydrogen) atoms. The quantitative estimate of drug-likeness (QED) is 0.825. The van der Waals surface area contributed by atoms with E-state index in [0.717, 1.165) is 5.75 Å². The van der Waals surface area contributed by atoms with Gasteiger partial charge in [0.15, 0.2) is 11.5 Å². The highest BCUT2D eigenvalue weighted by atomic mass is 32.2. The molecule has 0 amide bonds. The zero-order chi connectivity index (χ0) is 13.0. The number of rotatable bonds is 6. The minimum Gasteiger partial charge on any atom is -0.476 e. The van der Waals surface area contributed by atoms with Crippen molar-refractivity contribution in [3.8, 4) is 0 Å². The van der Waals surface area contributed by atoms with E-state index in [2.05, 4.69) is 17.4 Å². The van der Waals surface area contributed by atoms with E-state index in [0.29, 0.717) is 23.6 Å². The van der Waals surface area contributed by atoms with Gasteiger partial charge in [-0.3, -0.25) is 0 Å². The molecule has 2 rings (SSSR count). The topological polar surface area (TPSA) is 75.4 Å². The number of hydrogen-bond acceptors (Lipinski definition) is 5. The maximum absolute atomic E-state index is 10.7. The van der Waals surface area contributed by atoms with Crippen molar-refractivity contribution in [2.24, 2.45) is 0 Å². The Morgan fingerprint density at radius 2 is 2.50 bits per heavy atom. The minimum absolute atomic E-state index is 0.0299. The number of aromatic nitrogens is 1. The average molecular weight is 270 g/mol. The van der Waals surface area contributed by atoms with Gasteiger partial charge in [-0.1, -0.05) is 18.5 Å². The van der Waals surface area contributed by atoms with E-state index in [1.807, 2.05) is 11.8 Å². The van der Waals surface area contributed by atoms with Crippen molar-refractivity contribution in [2.45, 2.75) is 44.0 Å². The van der Waals surface area contributed by atoms with Crippen LogP contribution in [-0.4, -0.2) is 33.3 Å². The SMILES string of the molecule is CCSC1CCCC1NCc1cc(C(=O)O)no1. The Balaban J connectivity index is 1.84. The first kappa shape index (κ1) is 13.4. The number of carboxylic acids is 1. The van der Waals surface area contributed by atoms with Crippen molar-refractivity contribution in [1.29, 1.82) is 0 Å². The van der Waals surface area contributed by atoms with Crippen molar-refractivity contribution >= 4 is 17.7 Å². The van der Waals surface area contributed by atoms with Crippen LogP contribution in [0.1, 0.15) is 42.4 Å². The van der Waals surface area contributed by atoms with Gasteiger partial charge in [0.1, 0.15) is 0 Å². The molecule has 1 saturated carbocycles. The average Bonchev–Trinajstić information content (AvgIpc) is 2.95. The third kappa shape index (κ3) is 3.26. The molecule has 2 unspecified atom stereocenters. The second kappa shape index (κ2) is 6.24. The Morgan fingerprint density at radius 3 is 3.17 bits per heavy atom. The van der Waals surface area contributed by atoms with Gasteiger partial charge in [-0.15, -0.1) is 0 Å². The highest BCUT2D eigenvalue weighted by Gasteiger charge is 2.26. The van der Waals surface area contributed by atoms with Gasteiger partial charge in [-0.25, -0.2) is 4.79 Å². The minimum atomic E-state index is -1.05. The summed E-state index contributed by atoms with van der Waals surface area (Å²) in [6, 6.07) is 1.97. The molecule has 1 aliphatic rings. The zero-order valence-corrected chi connectivity index (χ0v) is 11.2. The van der Waals surface area contributed by atoms with Crippen LogP contribution in [-0.2, 0) is 6.54 Å². The fraction of sp³-hybridized carbons (Fsp3) is 0.667. The smallest absolute Gasteiger partial charge is 0.358 e. The number of nitrogens with zero attached hydrogens (tertiary/aromatic N) is 1. The molecule has 0 bridgehead atoms.